The van der Waals surface area contributed by atoms with Crippen molar-refractivity contribution in [1.82, 2.24) is 9.62 Å². The van der Waals surface area contributed by atoms with Crippen molar-refractivity contribution in [2.24, 2.45) is 5.73 Å². The predicted molar refractivity (Wildman–Crippen MR) is 77.7 cm³/mol. The lowest BCUT2D eigenvalue weighted by molar-refractivity contribution is 0.268. The van der Waals surface area contributed by atoms with Gasteiger partial charge in [0.1, 0.15) is 4.21 Å². The number of rotatable bonds is 6. The van der Waals surface area contributed by atoms with Crippen LogP contribution in [0.1, 0.15) is 25.3 Å². The molecule has 1 saturated heterocycles. The van der Waals surface area contributed by atoms with Crippen LogP contribution in [0.4, 0.5) is 0 Å². The van der Waals surface area contributed by atoms with Gasteiger partial charge in [0.2, 0.25) is 10.0 Å². The molecule has 5 nitrogen and oxygen atoms in total. The lowest BCUT2D eigenvalue weighted by Gasteiger charge is -2.22. The van der Waals surface area contributed by atoms with Gasteiger partial charge in [-0.05, 0) is 42.9 Å². The highest BCUT2D eigenvalue weighted by molar-refractivity contribution is 7.91. The van der Waals surface area contributed by atoms with Crippen LogP contribution < -0.4 is 10.5 Å². The fourth-order valence-corrected chi connectivity index (χ4v) is 4.76. The number of hydrogen-bond donors (Lipinski definition) is 2. The first-order valence-electron chi connectivity index (χ1n) is 6.58. The van der Waals surface area contributed by atoms with Crippen LogP contribution in [-0.2, 0) is 16.6 Å². The number of likely N-dealkylation sites (N-methyl/N-ethyl adjacent to an activating group) is 1. The Morgan fingerprint density at radius 1 is 1.58 bits per heavy atom. The van der Waals surface area contributed by atoms with Gasteiger partial charge in [0.15, 0.2) is 0 Å². The van der Waals surface area contributed by atoms with Crippen molar-refractivity contribution in [2.75, 3.05) is 19.6 Å². The molecule has 0 aliphatic carbocycles. The van der Waals surface area contributed by atoms with Gasteiger partial charge in [0.25, 0.3) is 0 Å². The average Bonchev–Trinajstić information content (AvgIpc) is 3.05. The van der Waals surface area contributed by atoms with E-state index in [0.717, 1.165) is 31.5 Å². The quantitative estimate of drug-likeness (QED) is 0.821. The molecule has 1 fully saturated rings. The topological polar surface area (TPSA) is 75.4 Å². The van der Waals surface area contributed by atoms with E-state index in [0.29, 0.717) is 23.3 Å². The molecule has 108 valence electrons. The summed E-state index contributed by atoms with van der Waals surface area (Å²) >= 11 is 1.23. The van der Waals surface area contributed by atoms with Crippen LogP contribution in [0.5, 0.6) is 0 Å². The summed E-state index contributed by atoms with van der Waals surface area (Å²) in [5.74, 6) is 0. The molecule has 2 rings (SSSR count). The van der Waals surface area contributed by atoms with Crippen LogP contribution in [0, 0.1) is 0 Å². The molecule has 0 amide bonds. The molecule has 1 unspecified atom stereocenters. The van der Waals surface area contributed by atoms with Crippen molar-refractivity contribution in [3.8, 4) is 0 Å². The molecule has 1 aromatic rings. The summed E-state index contributed by atoms with van der Waals surface area (Å²) in [4.78, 5) is 2.32. The van der Waals surface area contributed by atoms with E-state index < -0.39 is 10.0 Å². The minimum Gasteiger partial charge on any atom is -0.326 e. The third-order valence-electron chi connectivity index (χ3n) is 3.54. The minimum absolute atomic E-state index is 0.328. The molecule has 1 aliphatic rings. The Morgan fingerprint density at radius 3 is 3.00 bits per heavy atom. The summed E-state index contributed by atoms with van der Waals surface area (Å²) in [6.45, 7) is 5.02. The fourth-order valence-electron chi connectivity index (χ4n) is 2.42. The van der Waals surface area contributed by atoms with Crippen molar-refractivity contribution >= 4 is 21.4 Å². The zero-order valence-electron chi connectivity index (χ0n) is 11.1. The summed E-state index contributed by atoms with van der Waals surface area (Å²) in [5, 5.41) is 1.79. The summed E-state index contributed by atoms with van der Waals surface area (Å²) in [6, 6.07) is 1.98. The molecular weight excluding hydrogens is 282 g/mol. The number of thiophene rings is 1. The smallest absolute Gasteiger partial charge is 0.250 e. The lowest BCUT2D eigenvalue weighted by atomic mass is 10.2. The highest BCUT2D eigenvalue weighted by Gasteiger charge is 2.25. The van der Waals surface area contributed by atoms with Crippen LogP contribution in [-0.4, -0.2) is 39.0 Å². The maximum atomic E-state index is 12.2. The van der Waals surface area contributed by atoms with Gasteiger partial charge in [0, 0.05) is 19.1 Å². The van der Waals surface area contributed by atoms with Gasteiger partial charge < -0.3 is 5.73 Å². The Hall–Kier alpha value is -0.470. The molecular formula is C12H21N3O2S2. The van der Waals surface area contributed by atoms with Crippen LogP contribution in [0.15, 0.2) is 15.7 Å². The van der Waals surface area contributed by atoms with Gasteiger partial charge in [0.05, 0.1) is 0 Å². The number of nitrogens with zero attached hydrogens (tertiary/aromatic N) is 1. The van der Waals surface area contributed by atoms with E-state index in [4.69, 9.17) is 5.73 Å². The Kier molecular flexibility index (Phi) is 4.97. The summed E-state index contributed by atoms with van der Waals surface area (Å²) in [5.41, 5.74) is 6.36. The maximum absolute atomic E-state index is 12.2. The van der Waals surface area contributed by atoms with Crippen molar-refractivity contribution in [3.05, 3.63) is 17.0 Å². The molecule has 1 atom stereocenters. The van der Waals surface area contributed by atoms with Gasteiger partial charge in [-0.3, -0.25) is 4.90 Å². The molecule has 0 aromatic carbocycles. The Morgan fingerprint density at radius 2 is 2.37 bits per heavy atom. The lowest BCUT2D eigenvalue weighted by Crippen LogP contribution is -2.39. The summed E-state index contributed by atoms with van der Waals surface area (Å²) < 4.78 is 27.4. The van der Waals surface area contributed by atoms with Crippen LogP contribution >= 0.6 is 11.3 Å². The SMILES string of the molecule is CCN1CCCC1CNS(=O)(=O)c1cc(CN)cs1. The van der Waals surface area contributed by atoms with E-state index in [1.807, 2.05) is 0 Å². The zero-order valence-corrected chi connectivity index (χ0v) is 12.8. The number of likely N-dealkylation sites (tertiary alicyclic amines) is 1. The second-order valence-corrected chi connectivity index (χ2v) is 7.66. The Labute approximate surface area is 118 Å². The molecule has 7 heteroatoms. The monoisotopic (exact) mass is 303 g/mol. The number of sulfonamides is 1. The van der Waals surface area contributed by atoms with Crippen molar-refractivity contribution in [3.63, 3.8) is 0 Å². The molecule has 0 radical (unpaired) electrons. The first kappa shape index (κ1) is 14.9. The molecule has 0 spiro atoms. The summed E-state index contributed by atoms with van der Waals surface area (Å²) in [6.07, 6.45) is 2.21. The van der Waals surface area contributed by atoms with Crippen LogP contribution in [0.2, 0.25) is 0 Å². The van der Waals surface area contributed by atoms with Crippen LogP contribution in [0.25, 0.3) is 0 Å². The Balaban J connectivity index is 1.97. The number of nitrogens with two attached hydrogens (primary N) is 1. The molecule has 0 saturated carbocycles. The predicted octanol–water partition coefficient (Wildman–Crippen LogP) is 0.969. The first-order valence-corrected chi connectivity index (χ1v) is 8.94. The van der Waals surface area contributed by atoms with Crippen molar-refractivity contribution in [2.45, 2.75) is 36.6 Å². The molecule has 0 bridgehead atoms. The Bertz CT molecular complexity index is 513. The zero-order chi connectivity index (χ0) is 13.9. The minimum atomic E-state index is -3.38. The van der Waals surface area contributed by atoms with E-state index >= 15 is 0 Å². The molecule has 1 aromatic heterocycles. The van der Waals surface area contributed by atoms with E-state index in [1.54, 1.807) is 11.4 Å². The molecule has 1 aliphatic heterocycles. The highest BCUT2D eigenvalue weighted by atomic mass is 32.2. The van der Waals surface area contributed by atoms with Gasteiger partial charge in [-0.25, -0.2) is 13.1 Å². The van der Waals surface area contributed by atoms with Crippen molar-refractivity contribution < 1.29 is 8.42 Å². The van der Waals surface area contributed by atoms with Gasteiger partial charge >= 0.3 is 0 Å². The fraction of sp³-hybridized carbons (Fsp3) is 0.667. The summed E-state index contributed by atoms with van der Waals surface area (Å²) in [7, 11) is -3.38. The molecule has 2 heterocycles. The van der Waals surface area contributed by atoms with E-state index in [1.165, 1.54) is 11.3 Å². The van der Waals surface area contributed by atoms with E-state index in [9.17, 15) is 8.42 Å². The average molecular weight is 303 g/mol. The van der Waals surface area contributed by atoms with Crippen molar-refractivity contribution in [1.29, 1.82) is 0 Å². The molecule has 3 N–H and O–H groups in total. The number of hydrogen-bond acceptors (Lipinski definition) is 5. The largest absolute Gasteiger partial charge is 0.326 e. The van der Waals surface area contributed by atoms with Gasteiger partial charge in [-0.2, -0.15) is 0 Å². The van der Waals surface area contributed by atoms with E-state index in [2.05, 4.69) is 16.5 Å². The second kappa shape index (κ2) is 6.32. The molecule has 19 heavy (non-hydrogen) atoms. The van der Waals surface area contributed by atoms with Gasteiger partial charge in [-0.1, -0.05) is 6.92 Å². The standard InChI is InChI=1S/C12H21N3O2S2/c1-2-15-5-3-4-11(15)8-14-19(16,17)12-6-10(7-13)9-18-12/h6,9,11,14H,2-5,7-8,13H2,1H3. The first-order chi connectivity index (χ1) is 9.06. The highest BCUT2D eigenvalue weighted by Crippen LogP contribution is 2.21. The second-order valence-electron chi connectivity index (χ2n) is 4.75. The normalized spacial score (nSPS) is 21.1. The van der Waals surface area contributed by atoms with E-state index in [-0.39, 0.29) is 0 Å². The van der Waals surface area contributed by atoms with Gasteiger partial charge in [-0.15, -0.1) is 11.3 Å². The third-order valence-corrected chi connectivity index (χ3v) is 6.46. The third kappa shape index (κ3) is 3.55. The number of nitrogens with one attached hydrogen (secondary N) is 1. The maximum Gasteiger partial charge on any atom is 0.250 e. The van der Waals surface area contributed by atoms with Crippen LogP contribution in [0.3, 0.4) is 0 Å².